The summed E-state index contributed by atoms with van der Waals surface area (Å²) in [5.41, 5.74) is 2.42. The van der Waals surface area contributed by atoms with E-state index in [4.69, 9.17) is 9.47 Å². The smallest absolute Gasteiger partial charge is 0.227 e. The highest BCUT2D eigenvalue weighted by atomic mass is 16.5. The van der Waals surface area contributed by atoms with Crippen LogP contribution in [0.1, 0.15) is 43.6 Å². The first-order valence-electron chi connectivity index (χ1n) is 13.0. The number of H-pyrrole nitrogens is 1. The maximum absolute atomic E-state index is 13.3. The minimum Gasteiger partial charge on any atom is -0.497 e. The lowest BCUT2D eigenvalue weighted by atomic mass is 9.88. The van der Waals surface area contributed by atoms with Crippen molar-refractivity contribution >= 4 is 22.7 Å². The van der Waals surface area contributed by atoms with Gasteiger partial charge >= 0.3 is 0 Å². The first-order valence-corrected chi connectivity index (χ1v) is 13.0. The van der Waals surface area contributed by atoms with Crippen molar-refractivity contribution < 1.29 is 19.1 Å². The molecule has 0 bridgehead atoms. The molecule has 1 unspecified atom stereocenters. The van der Waals surface area contributed by atoms with E-state index >= 15 is 0 Å². The van der Waals surface area contributed by atoms with Gasteiger partial charge in [-0.05, 0) is 67.5 Å². The molecule has 36 heavy (non-hydrogen) atoms. The van der Waals surface area contributed by atoms with Gasteiger partial charge in [-0.3, -0.25) is 9.59 Å². The summed E-state index contributed by atoms with van der Waals surface area (Å²) in [6, 6.07) is 15.7. The fraction of sp³-hybridized carbons (Fsp3) is 0.448. The van der Waals surface area contributed by atoms with Crippen molar-refractivity contribution in [1.29, 1.82) is 0 Å². The summed E-state index contributed by atoms with van der Waals surface area (Å²) in [6.45, 7) is 3.11. The topological polar surface area (TPSA) is 74.9 Å². The van der Waals surface area contributed by atoms with Gasteiger partial charge < -0.3 is 24.3 Å². The summed E-state index contributed by atoms with van der Waals surface area (Å²) in [4.78, 5) is 33.4. The Hall–Kier alpha value is -3.48. The van der Waals surface area contributed by atoms with Crippen LogP contribution in [0.15, 0.2) is 54.7 Å². The number of nitrogens with zero attached hydrogens (tertiary/aromatic N) is 2. The molecule has 2 aromatic carbocycles. The van der Waals surface area contributed by atoms with Crippen molar-refractivity contribution in [3.63, 3.8) is 0 Å². The number of piperidine rings is 2. The monoisotopic (exact) mass is 489 g/mol. The van der Waals surface area contributed by atoms with Gasteiger partial charge in [-0.25, -0.2) is 0 Å². The SMILES string of the molecule is COc1ccc2[nH]cc(C3CCN(C(=O)C4CCCN(C(=O)CCOc5ccccc5)C4)CC3)c2c1. The number of amides is 2. The van der Waals surface area contributed by atoms with Gasteiger partial charge in [0.1, 0.15) is 11.5 Å². The molecule has 7 nitrogen and oxygen atoms in total. The fourth-order valence-electron chi connectivity index (χ4n) is 5.59. The molecule has 1 N–H and O–H groups in total. The van der Waals surface area contributed by atoms with E-state index < -0.39 is 0 Å². The second-order valence-electron chi connectivity index (χ2n) is 9.85. The summed E-state index contributed by atoms with van der Waals surface area (Å²) >= 11 is 0. The Morgan fingerprint density at radius 3 is 2.56 bits per heavy atom. The van der Waals surface area contributed by atoms with Gasteiger partial charge in [0.25, 0.3) is 0 Å². The van der Waals surface area contributed by atoms with Crippen LogP contribution in [0.5, 0.6) is 11.5 Å². The number of rotatable bonds is 7. The zero-order valence-electron chi connectivity index (χ0n) is 20.9. The zero-order chi connectivity index (χ0) is 24.9. The van der Waals surface area contributed by atoms with E-state index in [1.54, 1.807) is 7.11 Å². The number of hydrogen-bond donors (Lipinski definition) is 1. The van der Waals surface area contributed by atoms with Gasteiger partial charge in [0.05, 0.1) is 26.1 Å². The molecule has 0 aliphatic carbocycles. The Balaban J connectivity index is 1.12. The normalized spacial score (nSPS) is 18.9. The number of nitrogens with one attached hydrogen (secondary N) is 1. The summed E-state index contributed by atoms with van der Waals surface area (Å²) in [5, 5.41) is 1.21. The molecule has 2 aliphatic heterocycles. The van der Waals surface area contributed by atoms with Gasteiger partial charge in [0.15, 0.2) is 0 Å². The van der Waals surface area contributed by atoms with Crippen LogP contribution in [0.3, 0.4) is 0 Å². The molecular formula is C29H35N3O4. The molecule has 5 rings (SSSR count). The molecule has 3 heterocycles. The van der Waals surface area contributed by atoms with Crippen LogP contribution in [-0.2, 0) is 9.59 Å². The van der Waals surface area contributed by atoms with Crippen molar-refractivity contribution in [3.8, 4) is 11.5 Å². The van der Waals surface area contributed by atoms with Crippen molar-refractivity contribution in [1.82, 2.24) is 14.8 Å². The number of fused-ring (bicyclic) bond motifs is 1. The number of aromatic nitrogens is 1. The van der Waals surface area contributed by atoms with E-state index in [0.29, 0.717) is 25.5 Å². The molecule has 7 heteroatoms. The molecular weight excluding hydrogens is 454 g/mol. The fourth-order valence-corrected chi connectivity index (χ4v) is 5.59. The van der Waals surface area contributed by atoms with Gasteiger partial charge in [0.2, 0.25) is 11.8 Å². The average Bonchev–Trinajstić information content (AvgIpc) is 3.36. The lowest BCUT2D eigenvalue weighted by molar-refractivity contribution is -0.141. The van der Waals surface area contributed by atoms with Gasteiger partial charge in [-0.15, -0.1) is 0 Å². The quantitative estimate of drug-likeness (QED) is 0.527. The van der Waals surface area contributed by atoms with Gasteiger partial charge in [-0.2, -0.15) is 0 Å². The van der Waals surface area contributed by atoms with Crippen molar-refractivity contribution in [2.75, 3.05) is 39.9 Å². The maximum Gasteiger partial charge on any atom is 0.227 e. The molecule has 3 aromatic rings. The number of carbonyl (C=O) groups is 2. The number of aromatic amines is 1. The number of methoxy groups -OCH3 is 1. The molecule has 1 aromatic heterocycles. The predicted octanol–water partition coefficient (Wildman–Crippen LogP) is 4.59. The van der Waals surface area contributed by atoms with E-state index in [9.17, 15) is 9.59 Å². The van der Waals surface area contributed by atoms with Crippen molar-refractivity contribution in [3.05, 3.63) is 60.3 Å². The second kappa shape index (κ2) is 11.1. The average molecular weight is 490 g/mol. The highest BCUT2D eigenvalue weighted by Crippen LogP contribution is 2.35. The first kappa shape index (κ1) is 24.2. The van der Waals surface area contributed by atoms with Crippen LogP contribution in [0, 0.1) is 5.92 Å². The van der Waals surface area contributed by atoms with E-state index in [2.05, 4.69) is 23.3 Å². The zero-order valence-corrected chi connectivity index (χ0v) is 20.9. The van der Waals surface area contributed by atoms with E-state index in [1.807, 2.05) is 46.2 Å². The molecule has 2 amide bonds. The molecule has 2 saturated heterocycles. The molecule has 0 spiro atoms. The number of para-hydroxylation sites is 1. The van der Waals surface area contributed by atoms with Crippen LogP contribution in [0.4, 0.5) is 0 Å². The number of likely N-dealkylation sites (tertiary alicyclic amines) is 2. The highest BCUT2D eigenvalue weighted by molar-refractivity contribution is 5.85. The first-order chi connectivity index (χ1) is 17.6. The summed E-state index contributed by atoms with van der Waals surface area (Å²) in [6.07, 6.45) is 6.06. The number of ether oxygens (including phenoxy) is 2. The maximum atomic E-state index is 13.3. The van der Waals surface area contributed by atoms with E-state index in [-0.39, 0.29) is 17.7 Å². The van der Waals surface area contributed by atoms with Crippen LogP contribution in [0.2, 0.25) is 0 Å². The van der Waals surface area contributed by atoms with Crippen LogP contribution in [-0.4, -0.2) is 66.5 Å². The Morgan fingerprint density at radius 2 is 1.78 bits per heavy atom. The van der Waals surface area contributed by atoms with E-state index in [1.165, 1.54) is 10.9 Å². The molecule has 190 valence electrons. The molecule has 2 fully saturated rings. The third-order valence-electron chi connectivity index (χ3n) is 7.62. The van der Waals surface area contributed by atoms with Crippen molar-refractivity contribution in [2.45, 2.75) is 38.0 Å². The Bertz CT molecular complexity index is 1180. The van der Waals surface area contributed by atoms with Crippen molar-refractivity contribution in [2.24, 2.45) is 5.92 Å². The molecule has 0 radical (unpaired) electrons. The lowest BCUT2D eigenvalue weighted by Gasteiger charge is -2.38. The minimum absolute atomic E-state index is 0.0666. The third kappa shape index (κ3) is 5.35. The molecule has 2 aliphatic rings. The number of carbonyl (C=O) groups excluding carboxylic acids is 2. The summed E-state index contributed by atoms with van der Waals surface area (Å²) < 4.78 is 11.1. The Kier molecular flexibility index (Phi) is 7.44. The number of hydrogen-bond acceptors (Lipinski definition) is 4. The van der Waals surface area contributed by atoms with E-state index in [0.717, 1.165) is 62.3 Å². The predicted molar refractivity (Wildman–Crippen MR) is 139 cm³/mol. The molecule has 1 atom stereocenters. The third-order valence-corrected chi connectivity index (χ3v) is 7.62. The second-order valence-corrected chi connectivity index (χ2v) is 9.85. The Labute approximate surface area is 212 Å². The summed E-state index contributed by atoms with van der Waals surface area (Å²) in [5.74, 6) is 2.21. The standard InChI is InChI=1S/C29H35N3O4/c1-35-24-9-10-27-25(18-24)26(19-30-27)21-11-15-31(16-12-21)29(34)22-6-5-14-32(20-22)28(33)13-17-36-23-7-3-2-4-8-23/h2-4,7-10,18-19,21-22,30H,5-6,11-17,20H2,1H3. The summed E-state index contributed by atoms with van der Waals surface area (Å²) in [7, 11) is 1.69. The van der Waals surface area contributed by atoms with Crippen LogP contribution < -0.4 is 9.47 Å². The largest absolute Gasteiger partial charge is 0.497 e. The Morgan fingerprint density at radius 1 is 0.972 bits per heavy atom. The van der Waals surface area contributed by atoms with Crippen LogP contribution in [0.25, 0.3) is 10.9 Å². The van der Waals surface area contributed by atoms with Crippen LogP contribution >= 0.6 is 0 Å². The van der Waals surface area contributed by atoms with Gasteiger partial charge in [-0.1, -0.05) is 18.2 Å². The highest BCUT2D eigenvalue weighted by Gasteiger charge is 2.33. The van der Waals surface area contributed by atoms with Gasteiger partial charge in [0, 0.05) is 43.3 Å². The minimum atomic E-state index is -0.105. The molecule has 0 saturated carbocycles. The number of benzene rings is 2. The lowest BCUT2D eigenvalue weighted by Crippen LogP contribution is -2.48.